The Hall–Kier alpha value is -1.12. The van der Waals surface area contributed by atoms with Crippen LogP contribution in [0, 0.1) is 6.07 Å². The zero-order chi connectivity index (χ0) is 8.39. The molecule has 1 radical (unpaired) electrons. The highest BCUT2D eigenvalue weighted by molar-refractivity contribution is 5.37. The van der Waals surface area contributed by atoms with Gasteiger partial charge in [-0.15, -0.1) is 0 Å². The molecule has 63 valence electrons. The van der Waals surface area contributed by atoms with E-state index in [0.717, 1.165) is 12.4 Å². The largest absolute Gasteiger partial charge is 0.353 e. The predicted octanol–water partition coefficient (Wildman–Crippen LogP) is 1.43. The van der Waals surface area contributed by atoms with Gasteiger partial charge < -0.3 is 4.90 Å². The van der Waals surface area contributed by atoms with E-state index in [2.05, 4.69) is 11.1 Å². The number of pyridine rings is 1. The van der Waals surface area contributed by atoms with E-state index in [1.807, 2.05) is 11.0 Å². The monoisotopic (exact) mass is 165 g/mol. The Bertz CT molecular complexity index is 250. The molecule has 1 aromatic rings. The minimum Gasteiger partial charge on any atom is -0.353 e. The fraction of sp³-hybridized carbons (Fsp3) is 0.444. The first kappa shape index (κ1) is 7.53. The molecule has 3 heteroatoms. The van der Waals surface area contributed by atoms with Crippen LogP contribution >= 0.6 is 0 Å². The Balaban J connectivity index is 2.11. The molecule has 12 heavy (non-hydrogen) atoms. The van der Waals surface area contributed by atoms with Crippen LogP contribution in [-0.4, -0.2) is 24.2 Å². The van der Waals surface area contributed by atoms with Crippen LogP contribution in [0.2, 0.25) is 0 Å². The van der Waals surface area contributed by atoms with Gasteiger partial charge in [0.2, 0.25) is 0 Å². The molecular weight excluding hydrogens is 155 g/mol. The Labute approximate surface area is 71.0 Å². The normalized spacial score (nSPS) is 23.1. The van der Waals surface area contributed by atoms with Crippen LogP contribution in [0.1, 0.15) is 6.42 Å². The third kappa shape index (κ3) is 1.40. The summed E-state index contributed by atoms with van der Waals surface area (Å²) in [6.07, 6.45) is 1.63. The van der Waals surface area contributed by atoms with Crippen molar-refractivity contribution in [2.45, 2.75) is 12.6 Å². The van der Waals surface area contributed by atoms with Crippen LogP contribution in [0.25, 0.3) is 0 Å². The van der Waals surface area contributed by atoms with Gasteiger partial charge in [0.15, 0.2) is 0 Å². The SMILES string of the molecule is FC1CCN(c2[c]cccn2)C1. The number of halogens is 1. The standard InChI is InChI=1S/C9H10FN2/c10-8-4-6-12(7-8)9-3-1-2-5-11-9/h1-2,5,8H,4,6-7H2. The molecule has 1 aromatic heterocycles. The molecule has 1 aliphatic heterocycles. The van der Waals surface area contributed by atoms with Crippen molar-refractivity contribution in [2.24, 2.45) is 0 Å². The lowest BCUT2D eigenvalue weighted by molar-refractivity contribution is 0.364. The van der Waals surface area contributed by atoms with E-state index in [4.69, 9.17) is 0 Å². The first-order valence-electron chi connectivity index (χ1n) is 4.08. The van der Waals surface area contributed by atoms with Crippen LogP contribution in [0.4, 0.5) is 10.2 Å². The number of aromatic nitrogens is 1. The molecule has 1 unspecified atom stereocenters. The maximum atomic E-state index is 12.8. The number of rotatable bonds is 1. The summed E-state index contributed by atoms with van der Waals surface area (Å²) in [6.45, 7) is 1.22. The van der Waals surface area contributed by atoms with E-state index in [1.54, 1.807) is 12.3 Å². The highest BCUT2D eigenvalue weighted by atomic mass is 19.1. The summed E-state index contributed by atoms with van der Waals surface area (Å²) in [7, 11) is 0. The van der Waals surface area contributed by atoms with E-state index < -0.39 is 6.17 Å². The average molecular weight is 165 g/mol. The van der Waals surface area contributed by atoms with Crippen LogP contribution in [-0.2, 0) is 0 Å². The first-order chi connectivity index (χ1) is 5.86. The molecule has 1 aliphatic rings. The summed E-state index contributed by atoms with van der Waals surface area (Å²) in [6, 6.07) is 6.59. The summed E-state index contributed by atoms with van der Waals surface area (Å²) >= 11 is 0. The summed E-state index contributed by atoms with van der Waals surface area (Å²) < 4.78 is 12.8. The average Bonchev–Trinajstić information content (AvgIpc) is 2.54. The highest BCUT2D eigenvalue weighted by Gasteiger charge is 2.22. The smallest absolute Gasteiger partial charge is 0.136 e. The lowest BCUT2D eigenvalue weighted by Gasteiger charge is -2.14. The summed E-state index contributed by atoms with van der Waals surface area (Å²) in [5.41, 5.74) is 0. The van der Waals surface area contributed by atoms with Crippen molar-refractivity contribution >= 4 is 5.82 Å². The quantitative estimate of drug-likeness (QED) is 0.625. The van der Waals surface area contributed by atoms with Gasteiger partial charge >= 0.3 is 0 Å². The second-order valence-corrected chi connectivity index (χ2v) is 2.94. The van der Waals surface area contributed by atoms with Crippen molar-refractivity contribution in [1.29, 1.82) is 0 Å². The van der Waals surface area contributed by atoms with Crippen molar-refractivity contribution < 1.29 is 4.39 Å². The highest BCUT2D eigenvalue weighted by Crippen LogP contribution is 2.18. The van der Waals surface area contributed by atoms with Crippen molar-refractivity contribution in [3.8, 4) is 0 Å². The Morgan fingerprint density at radius 3 is 3.17 bits per heavy atom. The number of anilines is 1. The molecule has 0 amide bonds. The van der Waals surface area contributed by atoms with Gasteiger partial charge in [0.05, 0.1) is 6.54 Å². The van der Waals surface area contributed by atoms with Crippen molar-refractivity contribution in [1.82, 2.24) is 4.98 Å². The molecule has 1 fully saturated rings. The maximum Gasteiger partial charge on any atom is 0.136 e. The van der Waals surface area contributed by atoms with E-state index >= 15 is 0 Å². The molecule has 1 saturated heterocycles. The third-order valence-corrected chi connectivity index (χ3v) is 2.02. The molecular formula is C9H10FN2. The molecule has 0 bridgehead atoms. The lowest BCUT2D eigenvalue weighted by atomic mass is 10.3. The Kier molecular flexibility index (Phi) is 1.94. The second-order valence-electron chi connectivity index (χ2n) is 2.94. The number of alkyl halides is 1. The molecule has 2 heterocycles. The first-order valence-corrected chi connectivity index (χ1v) is 4.08. The topological polar surface area (TPSA) is 16.1 Å². The molecule has 1 atom stereocenters. The predicted molar refractivity (Wildman–Crippen MR) is 44.8 cm³/mol. The fourth-order valence-corrected chi connectivity index (χ4v) is 1.40. The van der Waals surface area contributed by atoms with Crippen molar-refractivity contribution in [3.05, 3.63) is 24.4 Å². The molecule has 0 saturated carbocycles. The zero-order valence-corrected chi connectivity index (χ0v) is 6.70. The number of hydrogen-bond donors (Lipinski definition) is 0. The maximum absolute atomic E-state index is 12.8. The van der Waals surface area contributed by atoms with Crippen LogP contribution in [0.3, 0.4) is 0 Å². The molecule has 0 aliphatic carbocycles. The summed E-state index contributed by atoms with van der Waals surface area (Å²) in [5, 5.41) is 0. The van der Waals surface area contributed by atoms with Crippen LogP contribution in [0.5, 0.6) is 0 Å². The molecule has 0 spiro atoms. The van der Waals surface area contributed by atoms with Gasteiger partial charge in [-0.2, -0.15) is 0 Å². The number of nitrogens with zero attached hydrogens (tertiary/aromatic N) is 2. The van der Waals surface area contributed by atoms with Crippen LogP contribution in [0.15, 0.2) is 18.3 Å². The fourth-order valence-electron chi connectivity index (χ4n) is 1.40. The van der Waals surface area contributed by atoms with Gasteiger partial charge in [0, 0.05) is 18.8 Å². The minimum absolute atomic E-state index is 0.466. The van der Waals surface area contributed by atoms with Crippen molar-refractivity contribution in [2.75, 3.05) is 18.0 Å². The van der Waals surface area contributed by atoms with E-state index in [9.17, 15) is 4.39 Å². The van der Waals surface area contributed by atoms with Gasteiger partial charge in [-0.05, 0) is 18.6 Å². The second kappa shape index (κ2) is 3.09. The van der Waals surface area contributed by atoms with Crippen molar-refractivity contribution in [3.63, 3.8) is 0 Å². The zero-order valence-electron chi connectivity index (χ0n) is 6.70. The molecule has 2 rings (SSSR count). The summed E-state index contributed by atoms with van der Waals surface area (Å²) in [5.74, 6) is 0.762. The van der Waals surface area contributed by atoms with E-state index in [0.29, 0.717) is 13.0 Å². The number of hydrogen-bond acceptors (Lipinski definition) is 2. The minimum atomic E-state index is -0.694. The summed E-state index contributed by atoms with van der Waals surface area (Å²) in [4.78, 5) is 6.02. The third-order valence-electron chi connectivity index (χ3n) is 2.02. The molecule has 0 N–H and O–H groups in total. The Morgan fingerprint density at radius 2 is 2.58 bits per heavy atom. The van der Waals surface area contributed by atoms with Gasteiger partial charge in [-0.1, -0.05) is 0 Å². The van der Waals surface area contributed by atoms with Gasteiger partial charge in [0.25, 0.3) is 0 Å². The van der Waals surface area contributed by atoms with Crippen LogP contribution < -0.4 is 4.90 Å². The van der Waals surface area contributed by atoms with E-state index in [1.165, 1.54) is 0 Å². The van der Waals surface area contributed by atoms with E-state index in [-0.39, 0.29) is 0 Å². The Morgan fingerprint density at radius 1 is 1.67 bits per heavy atom. The molecule has 0 aromatic carbocycles. The molecule has 2 nitrogen and oxygen atoms in total. The van der Waals surface area contributed by atoms with Gasteiger partial charge in [-0.3, -0.25) is 0 Å². The van der Waals surface area contributed by atoms with Gasteiger partial charge in [-0.25, -0.2) is 9.37 Å². The lowest BCUT2D eigenvalue weighted by Crippen LogP contribution is -2.20. The van der Waals surface area contributed by atoms with Gasteiger partial charge in [0.1, 0.15) is 12.0 Å².